The molecule has 0 saturated heterocycles. The van der Waals surface area contributed by atoms with Gasteiger partial charge in [-0.15, -0.1) is 0 Å². The minimum absolute atomic E-state index is 0.0146. The van der Waals surface area contributed by atoms with E-state index in [0.717, 1.165) is 5.56 Å². The van der Waals surface area contributed by atoms with Crippen LogP contribution in [0.4, 0.5) is 9.18 Å². The summed E-state index contributed by atoms with van der Waals surface area (Å²) in [6, 6.07) is 4.66. The predicted octanol–water partition coefficient (Wildman–Crippen LogP) is 3.07. The highest BCUT2D eigenvalue weighted by Gasteiger charge is 2.20. The maximum atomic E-state index is 13.2. The molecule has 1 rings (SSSR count). The molecule has 0 radical (unpaired) electrons. The van der Waals surface area contributed by atoms with Crippen LogP contribution < -0.4 is 5.32 Å². The molecule has 2 N–H and O–H groups in total. The van der Waals surface area contributed by atoms with Crippen LogP contribution >= 0.6 is 0 Å². The highest BCUT2D eigenvalue weighted by Crippen LogP contribution is 2.16. The van der Waals surface area contributed by atoms with Crippen LogP contribution in [0, 0.1) is 18.2 Å². The van der Waals surface area contributed by atoms with Crippen molar-refractivity contribution < 1.29 is 14.3 Å². The lowest BCUT2D eigenvalue weighted by molar-refractivity contribution is 0.164. The van der Waals surface area contributed by atoms with E-state index in [2.05, 4.69) is 26.1 Å². The second-order valence-corrected chi connectivity index (χ2v) is 6.80. The third kappa shape index (κ3) is 6.43. The number of rotatable bonds is 6. The Hall–Kier alpha value is -1.62. The average molecular weight is 310 g/mol. The number of urea groups is 1. The first-order valence-corrected chi connectivity index (χ1v) is 7.61. The summed E-state index contributed by atoms with van der Waals surface area (Å²) in [7, 11) is 0. The second-order valence-electron chi connectivity index (χ2n) is 6.80. The fraction of sp³-hybridized carbons (Fsp3) is 0.588. The number of carbonyl (C=O) groups is 1. The summed E-state index contributed by atoms with van der Waals surface area (Å²) >= 11 is 0. The molecule has 0 fully saturated rings. The van der Waals surface area contributed by atoms with E-state index >= 15 is 0 Å². The number of amides is 2. The highest BCUT2D eigenvalue weighted by atomic mass is 19.1. The van der Waals surface area contributed by atoms with E-state index < -0.39 is 0 Å². The standard InChI is InChI=1S/C17H27FN2O2/c1-13-10-14(6-7-15(13)18)11-19-16(22)20(8-5-9-21)12-17(2,3)4/h6-7,10,21H,5,8-9,11-12H2,1-4H3,(H,19,22). The average Bonchev–Trinajstić information content (AvgIpc) is 2.43. The summed E-state index contributed by atoms with van der Waals surface area (Å²) in [4.78, 5) is 14.0. The number of aliphatic hydroxyl groups is 1. The lowest BCUT2D eigenvalue weighted by atomic mass is 9.96. The maximum absolute atomic E-state index is 13.2. The Morgan fingerprint density at radius 3 is 2.59 bits per heavy atom. The molecule has 1 aromatic rings. The van der Waals surface area contributed by atoms with E-state index in [1.807, 2.05) is 0 Å². The molecule has 5 heteroatoms. The molecule has 0 unspecified atom stereocenters. The molecule has 0 saturated carbocycles. The number of halogens is 1. The van der Waals surface area contributed by atoms with Gasteiger partial charge < -0.3 is 15.3 Å². The van der Waals surface area contributed by atoms with E-state index in [9.17, 15) is 9.18 Å². The second kappa shape index (κ2) is 8.13. The van der Waals surface area contributed by atoms with Crippen LogP contribution in [0.15, 0.2) is 18.2 Å². The fourth-order valence-electron chi connectivity index (χ4n) is 2.19. The summed E-state index contributed by atoms with van der Waals surface area (Å²) in [6.45, 7) is 9.45. The van der Waals surface area contributed by atoms with Crippen LogP contribution in [0.1, 0.15) is 38.3 Å². The van der Waals surface area contributed by atoms with Crippen molar-refractivity contribution >= 4 is 6.03 Å². The fourth-order valence-corrected chi connectivity index (χ4v) is 2.19. The van der Waals surface area contributed by atoms with Crippen LogP contribution in [-0.4, -0.2) is 35.7 Å². The molecule has 0 heterocycles. The zero-order valence-electron chi connectivity index (χ0n) is 13.9. The first-order chi connectivity index (χ1) is 10.2. The molecule has 124 valence electrons. The van der Waals surface area contributed by atoms with Crippen molar-refractivity contribution in [2.45, 2.75) is 40.7 Å². The maximum Gasteiger partial charge on any atom is 0.317 e. The monoisotopic (exact) mass is 310 g/mol. The van der Waals surface area contributed by atoms with E-state index in [-0.39, 0.29) is 23.9 Å². The summed E-state index contributed by atoms with van der Waals surface area (Å²) in [5, 5.41) is 11.8. The molecule has 0 aliphatic carbocycles. The first-order valence-electron chi connectivity index (χ1n) is 7.61. The van der Waals surface area contributed by atoms with E-state index in [1.165, 1.54) is 6.07 Å². The van der Waals surface area contributed by atoms with Crippen molar-refractivity contribution in [2.24, 2.45) is 5.41 Å². The zero-order chi connectivity index (χ0) is 16.8. The van der Waals surface area contributed by atoms with Crippen LogP contribution in [0.3, 0.4) is 0 Å². The quantitative estimate of drug-likeness (QED) is 0.848. The van der Waals surface area contributed by atoms with Crippen molar-refractivity contribution in [1.82, 2.24) is 10.2 Å². The molecule has 1 aromatic carbocycles. The largest absolute Gasteiger partial charge is 0.396 e. The SMILES string of the molecule is Cc1cc(CNC(=O)N(CCCO)CC(C)(C)C)ccc1F. The molecule has 22 heavy (non-hydrogen) atoms. The topological polar surface area (TPSA) is 52.6 Å². The Morgan fingerprint density at radius 1 is 1.36 bits per heavy atom. The van der Waals surface area contributed by atoms with Crippen LogP contribution in [0.2, 0.25) is 0 Å². The van der Waals surface area contributed by atoms with Crippen molar-refractivity contribution in [1.29, 1.82) is 0 Å². The highest BCUT2D eigenvalue weighted by molar-refractivity contribution is 5.74. The van der Waals surface area contributed by atoms with Crippen molar-refractivity contribution in [3.8, 4) is 0 Å². The first kappa shape index (κ1) is 18.4. The van der Waals surface area contributed by atoms with Gasteiger partial charge in [0.25, 0.3) is 0 Å². The van der Waals surface area contributed by atoms with Gasteiger partial charge in [0.2, 0.25) is 0 Å². The van der Waals surface area contributed by atoms with Gasteiger partial charge in [-0.2, -0.15) is 0 Å². The van der Waals surface area contributed by atoms with Gasteiger partial charge >= 0.3 is 6.03 Å². The summed E-state index contributed by atoms with van der Waals surface area (Å²) < 4.78 is 13.2. The minimum Gasteiger partial charge on any atom is -0.396 e. The summed E-state index contributed by atoms with van der Waals surface area (Å²) in [5.41, 5.74) is 1.42. The number of aliphatic hydroxyl groups excluding tert-OH is 1. The molecular formula is C17H27FN2O2. The number of benzene rings is 1. The zero-order valence-corrected chi connectivity index (χ0v) is 13.9. The van der Waals surface area contributed by atoms with Crippen molar-refractivity contribution in [2.75, 3.05) is 19.7 Å². The van der Waals surface area contributed by atoms with Gasteiger partial charge in [0.15, 0.2) is 0 Å². The van der Waals surface area contributed by atoms with Crippen molar-refractivity contribution in [3.63, 3.8) is 0 Å². The van der Waals surface area contributed by atoms with Crippen LogP contribution in [-0.2, 0) is 6.54 Å². The van der Waals surface area contributed by atoms with Gasteiger partial charge in [-0.25, -0.2) is 9.18 Å². The number of nitrogens with zero attached hydrogens (tertiary/aromatic N) is 1. The van der Waals surface area contributed by atoms with Gasteiger partial charge in [-0.1, -0.05) is 32.9 Å². The molecular weight excluding hydrogens is 283 g/mol. The Labute approximate surface area is 132 Å². The Balaban J connectivity index is 2.63. The Bertz CT molecular complexity index is 498. The van der Waals surface area contributed by atoms with Crippen molar-refractivity contribution in [3.05, 3.63) is 35.1 Å². The van der Waals surface area contributed by atoms with E-state index in [0.29, 0.717) is 31.6 Å². The Kier molecular flexibility index (Phi) is 6.81. The molecule has 0 atom stereocenters. The summed E-state index contributed by atoms with van der Waals surface area (Å²) in [5.74, 6) is -0.243. The third-order valence-electron chi connectivity index (χ3n) is 3.20. The molecule has 4 nitrogen and oxygen atoms in total. The molecule has 0 spiro atoms. The molecule has 0 bridgehead atoms. The number of aryl methyl sites for hydroxylation is 1. The van der Waals surface area contributed by atoms with Crippen LogP contribution in [0.25, 0.3) is 0 Å². The molecule has 0 aliphatic heterocycles. The number of hydrogen-bond donors (Lipinski definition) is 2. The lowest BCUT2D eigenvalue weighted by Gasteiger charge is -2.30. The molecule has 0 aromatic heterocycles. The number of nitrogens with one attached hydrogen (secondary N) is 1. The van der Waals surface area contributed by atoms with Gasteiger partial charge in [0.05, 0.1) is 0 Å². The smallest absolute Gasteiger partial charge is 0.317 e. The Morgan fingerprint density at radius 2 is 2.05 bits per heavy atom. The normalized spacial score (nSPS) is 11.4. The predicted molar refractivity (Wildman–Crippen MR) is 86.1 cm³/mol. The van der Waals surface area contributed by atoms with E-state index in [4.69, 9.17) is 5.11 Å². The van der Waals surface area contributed by atoms with Gasteiger partial charge in [-0.3, -0.25) is 0 Å². The van der Waals surface area contributed by atoms with Gasteiger partial charge in [0, 0.05) is 26.2 Å². The number of carbonyl (C=O) groups excluding carboxylic acids is 1. The third-order valence-corrected chi connectivity index (χ3v) is 3.20. The van der Waals surface area contributed by atoms with Gasteiger partial charge in [-0.05, 0) is 36.0 Å². The molecule has 0 aliphatic rings. The minimum atomic E-state index is -0.243. The molecule has 2 amide bonds. The number of hydrogen-bond acceptors (Lipinski definition) is 2. The van der Waals surface area contributed by atoms with Gasteiger partial charge in [0.1, 0.15) is 5.82 Å². The van der Waals surface area contributed by atoms with E-state index in [1.54, 1.807) is 24.0 Å². The summed E-state index contributed by atoms with van der Waals surface area (Å²) in [6.07, 6.45) is 0.555. The van der Waals surface area contributed by atoms with Crippen LogP contribution in [0.5, 0.6) is 0 Å². The lowest BCUT2D eigenvalue weighted by Crippen LogP contribution is -2.44.